The Morgan fingerprint density at radius 3 is 2.27 bits per heavy atom. The molecule has 5 N–H and O–H groups in total. The Hall–Kier alpha value is -2.99. The van der Waals surface area contributed by atoms with E-state index in [-0.39, 0.29) is 30.2 Å². The average molecular weight is 589 g/mol. The standard InChI is InChI=1S/C29H44N8O3.ClH/c1-5-34(23-10-7-22(30)8-11-23)19-21-6-9-24(18-20(21)2)37-13-12-25(33-28(37)40)32-27(39)36-16-14-35(15-17-36)26(38)29(3,4)31;/h6,9,12-13,18,22-23H,5,7-8,10-11,14-17,19,30-31H2,1-4H3,(H,32,33,39,40);1H/t22-,23-;. The first-order valence-corrected chi connectivity index (χ1v) is 14.3. The van der Waals surface area contributed by atoms with Crippen LogP contribution in [0.15, 0.2) is 35.3 Å². The third kappa shape index (κ3) is 8.06. The Bertz CT molecular complexity index is 1260. The van der Waals surface area contributed by atoms with Gasteiger partial charge >= 0.3 is 11.7 Å². The lowest BCUT2D eigenvalue weighted by Gasteiger charge is -2.37. The van der Waals surface area contributed by atoms with Crippen LogP contribution in [-0.2, 0) is 11.3 Å². The van der Waals surface area contributed by atoms with Gasteiger partial charge in [0.2, 0.25) is 5.91 Å². The van der Waals surface area contributed by atoms with Crippen molar-refractivity contribution in [3.8, 4) is 5.69 Å². The van der Waals surface area contributed by atoms with Crippen LogP contribution >= 0.6 is 12.4 Å². The topological polar surface area (TPSA) is 143 Å². The van der Waals surface area contributed by atoms with E-state index in [9.17, 15) is 14.4 Å². The van der Waals surface area contributed by atoms with Gasteiger partial charge in [0, 0.05) is 51.0 Å². The fraction of sp³-hybridized carbons (Fsp3) is 0.586. The Morgan fingerprint density at radius 1 is 1.07 bits per heavy atom. The summed E-state index contributed by atoms with van der Waals surface area (Å²) in [5, 5.41) is 2.71. The first-order chi connectivity index (χ1) is 19.0. The summed E-state index contributed by atoms with van der Waals surface area (Å²) < 4.78 is 1.48. The normalized spacial score (nSPS) is 19.6. The van der Waals surface area contributed by atoms with Gasteiger partial charge in [-0.2, -0.15) is 4.98 Å². The van der Waals surface area contributed by atoms with Crippen molar-refractivity contribution in [3.63, 3.8) is 0 Å². The molecule has 3 amide bonds. The number of aryl methyl sites for hydroxylation is 1. The molecule has 1 saturated carbocycles. The molecule has 1 aliphatic heterocycles. The minimum absolute atomic E-state index is 0. The summed E-state index contributed by atoms with van der Waals surface area (Å²) in [6, 6.07) is 8.18. The Morgan fingerprint density at radius 2 is 1.71 bits per heavy atom. The van der Waals surface area contributed by atoms with Gasteiger partial charge in [-0.3, -0.25) is 19.6 Å². The first-order valence-electron chi connectivity index (χ1n) is 14.3. The van der Waals surface area contributed by atoms with Crippen LogP contribution in [0.1, 0.15) is 57.6 Å². The van der Waals surface area contributed by atoms with Gasteiger partial charge in [0.05, 0.1) is 11.2 Å². The van der Waals surface area contributed by atoms with Crippen LogP contribution < -0.4 is 22.5 Å². The smallest absolute Gasteiger partial charge is 0.338 e. The van der Waals surface area contributed by atoms with Crippen LogP contribution in [0.2, 0.25) is 0 Å². The number of rotatable bonds is 7. The highest BCUT2D eigenvalue weighted by Crippen LogP contribution is 2.25. The number of hydrogen-bond donors (Lipinski definition) is 3. The summed E-state index contributed by atoms with van der Waals surface area (Å²) >= 11 is 0. The van der Waals surface area contributed by atoms with Crippen molar-refractivity contribution in [2.45, 2.75) is 77.5 Å². The van der Waals surface area contributed by atoms with Gasteiger partial charge in [0.15, 0.2) is 0 Å². The predicted octanol–water partition coefficient (Wildman–Crippen LogP) is 2.47. The van der Waals surface area contributed by atoms with E-state index in [0.717, 1.165) is 50.0 Å². The number of anilines is 1. The number of amides is 3. The molecule has 41 heavy (non-hydrogen) atoms. The summed E-state index contributed by atoms with van der Waals surface area (Å²) in [5.74, 6) is 0.0465. The average Bonchev–Trinajstić information content (AvgIpc) is 2.92. The minimum Gasteiger partial charge on any atom is -0.338 e. The molecule has 0 atom stereocenters. The van der Waals surface area contributed by atoms with Crippen LogP contribution in [0, 0.1) is 6.92 Å². The summed E-state index contributed by atoms with van der Waals surface area (Å²) in [5.41, 5.74) is 13.7. The molecule has 12 heteroatoms. The molecule has 1 aliphatic carbocycles. The van der Waals surface area contributed by atoms with Crippen molar-refractivity contribution in [2.75, 3.05) is 38.0 Å². The third-order valence-corrected chi connectivity index (χ3v) is 8.09. The highest BCUT2D eigenvalue weighted by molar-refractivity contribution is 5.89. The molecule has 2 aromatic rings. The largest absolute Gasteiger partial charge is 0.354 e. The number of carbonyl (C=O) groups excluding carboxylic acids is 2. The summed E-state index contributed by atoms with van der Waals surface area (Å²) in [6.45, 7) is 11.0. The van der Waals surface area contributed by atoms with E-state index in [1.807, 2.05) is 12.1 Å². The predicted molar refractivity (Wildman–Crippen MR) is 164 cm³/mol. The highest BCUT2D eigenvalue weighted by Gasteiger charge is 2.31. The molecule has 0 unspecified atom stereocenters. The van der Waals surface area contributed by atoms with Crippen molar-refractivity contribution in [2.24, 2.45) is 11.5 Å². The second-order valence-electron chi connectivity index (χ2n) is 11.6. The SMILES string of the molecule is CCN(Cc1ccc(-n2ccc(NC(=O)N3CCN(C(=O)C(C)(C)N)CC3)nc2=O)cc1C)[C@H]1CC[C@H](N)CC1.Cl. The number of urea groups is 1. The van der Waals surface area contributed by atoms with Gasteiger partial charge in [-0.15, -0.1) is 12.4 Å². The number of halogens is 1. The zero-order valence-electron chi connectivity index (χ0n) is 24.6. The molecule has 2 aliphatic rings. The van der Waals surface area contributed by atoms with E-state index in [1.54, 1.807) is 35.9 Å². The zero-order valence-corrected chi connectivity index (χ0v) is 25.5. The van der Waals surface area contributed by atoms with E-state index >= 15 is 0 Å². The fourth-order valence-electron chi connectivity index (χ4n) is 5.57. The molecule has 0 bridgehead atoms. The first kappa shape index (κ1) is 32.5. The van der Waals surface area contributed by atoms with Gasteiger partial charge in [0.25, 0.3) is 0 Å². The van der Waals surface area contributed by atoms with E-state index in [0.29, 0.717) is 38.3 Å². The van der Waals surface area contributed by atoms with E-state index in [2.05, 4.69) is 35.1 Å². The molecule has 1 aromatic heterocycles. The Balaban J connectivity index is 0.00000462. The van der Waals surface area contributed by atoms with Crippen LogP contribution in [0.25, 0.3) is 5.69 Å². The molecule has 2 fully saturated rings. The maximum Gasteiger partial charge on any atom is 0.354 e. The zero-order chi connectivity index (χ0) is 29.0. The number of nitrogens with two attached hydrogens (primary N) is 2. The molecule has 11 nitrogen and oxygen atoms in total. The third-order valence-electron chi connectivity index (χ3n) is 8.09. The molecule has 4 rings (SSSR count). The molecular weight excluding hydrogens is 544 g/mol. The number of nitrogens with zero attached hydrogens (tertiary/aromatic N) is 5. The van der Waals surface area contributed by atoms with E-state index in [1.165, 1.54) is 10.1 Å². The lowest BCUT2D eigenvalue weighted by Crippen LogP contribution is -2.58. The molecular formula is C29H45ClN8O3. The minimum atomic E-state index is -0.947. The Kier molecular flexibility index (Phi) is 10.9. The lowest BCUT2D eigenvalue weighted by molar-refractivity contribution is -0.137. The van der Waals surface area contributed by atoms with Gasteiger partial charge in [-0.05, 0) is 82.3 Å². The Labute approximate surface area is 248 Å². The number of aromatic nitrogens is 2. The van der Waals surface area contributed by atoms with Crippen molar-refractivity contribution >= 4 is 30.2 Å². The number of piperazine rings is 1. The molecule has 226 valence electrons. The molecule has 0 spiro atoms. The van der Waals surface area contributed by atoms with E-state index < -0.39 is 11.2 Å². The van der Waals surface area contributed by atoms with Crippen LogP contribution in [-0.4, -0.2) is 86.5 Å². The number of carbonyl (C=O) groups is 2. The van der Waals surface area contributed by atoms with E-state index in [4.69, 9.17) is 11.5 Å². The number of nitrogens with one attached hydrogen (secondary N) is 1. The van der Waals surface area contributed by atoms with Crippen molar-refractivity contribution in [3.05, 3.63) is 52.1 Å². The molecule has 2 heterocycles. The van der Waals surface area contributed by atoms with Crippen LogP contribution in [0.5, 0.6) is 0 Å². The molecule has 0 radical (unpaired) electrons. The van der Waals surface area contributed by atoms with Gasteiger partial charge < -0.3 is 21.3 Å². The quantitative estimate of drug-likeness (QED) is 0.451. The monoisotopic (exact) mass is 588 g/mol. The van der Waals surface area contributed by atoms with Crippen LogP contribution in [0.4, 0.5) is 10.6 Å². The summed E-state index contributed by atoms with van der Waals surface area (Å²) in [7, 11) is 0. The number of benzene rings is 1. The highest BCUT2D eigenvalue weighted by atomic mass is 35.5. The molecule has 1 saturated heterocycles. The number of hydrogen-bond acceptors (Lipinski definition) is 7. The fourth-order valence-corrected chi connectivity index (χ4v) is 5.57. The van der Waals surface area contributed by atoms with Gasteiger partial charge in [-0.25, -0.2) is 9.59 Å². The summed E-state index contributed by atoms with van der Waals surface area (Å²) in [6.07, 6.45) is 6.06. The van der Waals surface area contributed by atoms with Crippen molar-refractivity contribution < 1.29 is 9.59 Å². The molecule has 1 aromatic carbocycles. The van der Waals surface area contributed by atoms with Crippen molar-refractivity contribution in [1.29, 1.82) is 0 Å². The van der Waals surface area contributed by atoms with Crippen LogP contribution in [0.3, 0.4) is 0 Å². The van der Waals surface area contributed by atoms with Gasteiger partial charge in [-0.1, -0.05) is 13.0 Å². The summed E-state index contributed by atoms with van der Waals surface area (Å²) in [4.78, 5) is 47.9. The maximum atomic E-state index is 12.9. The second-order valence-corrected chi connectivity index (χ2v) is 11.6. The second kappa shape index (κ2) is 13.8. The lowest BCUT2D eigenvalue weighted by atomic mass is 9.90. The van der Waals surface area contributed by atoms with Gasteiger partial charge in [0.1, 0.15) is 5.82 Å². The van der Waals surface area contributed by atoms with Crippen molar-refractivity contribution in [1.82, 2.24) is 24.3 Å². The maximum absolute atomic E-state index is 12.9.